The highest BCUT2D eigenvalue weighted by atomic mass is 15.0. The van der Waals surface area contributed by atoms with Gasteiger partial charge in [0.25, 0.3) is 0 Å². The average Bonchev–Trinajstić information content (AvgIpc) is 2.04. The third-order valence-corrected chi connectivity index (χ3v) is 1.62. The van der Waals surface area contributed by atoms with E-state index in [1.807, 2.05) is 38.4 Å². The predicted octanol–water partition coefficient (Wildman–Crippen LogP) is 1.62. The lowest BCUT2D eigenvalue weighted by atomic mass is 10.1. The van der Waals surface area contributed by atoms with Crippen LogP contribution in [-0.4, -0.2) is 19.0 Å². The summed E-state index contributed by atoms with van der Waals surface area (Å²) in [4.78, 5) is 2.05. The Balaban J connectivity index is 2.91. The van der Waals surface area contributed by atoms with Gasteiger partial charge in [0.05, 0.1) is 11.6 Å². The van der Waals surface area contributed by atoms with Gasteiger partial charge in [-0.25, -0.2) is 0 Å². The summed E-state index contributed by atoms with van der Waals surface area (Å²) in [6.07, 6.45) is 0. The number of rotatable bonds is 2. The number of hydrogen-bond donors (Lipinski definition) is 0. The number of nitriles is 1. The first-order valence-electron chi connectivity index (χ1n) is 3.87. The second-order valence-corrected chi connectivity index (χ2v) is 3.01. The molecule has 0 saturated heterocycles. The third-order valence-electron chi connectivity index (χ3n) is 1.62. The molecule has 0 unspecified atom stereocenters. The van der Waals surface area contributed by atoms with Crippen LogP contribution in [0.2, 0.25) is 0 Å². The van der Waals surface area contributed by atoms with E-state index in [0.29, 0.717) is 0 Å². The molecule has 1 aromatic carbocycles. The van der Waals surface area contributed by atoms with Gasteiger partial charge in [0.1, 0.15) is 0 Å². The Hall–Kier alpha value is -1.33. The minimum atomic E-state index is 0.770. The van der Waals surface area contributed by atoms with Crippen molar-refractivity contribution in [1.29, 1.82) is 5.26 Å². The molecule has 0 aliphatic rings. The molecule has 0 saturated carbocycles. The van der Waals surface area contributed by atoms with Crippen LogP contribution in [0.15, 0.2) is 24.3 Å². The van der Waals surface area contributed by atoms with Crippen molar-refractivity contribution in [3.63, 3.8) is 0 Å². The van der Waals surface area contributed by atoms with Gasteiger partial charge in [-0.1, -0.05) is 18.2 Å². The Labute approximate surface area is 73.0 Å². The highest BCUT2D eigenvalue weighted by Crippen LogP contribution is 2.08. The minimum Gasteiger partial charge on any atom is -0.305 e. The van der Waals surface area contributed by atoms with E-state index in [1.165, 1.54) is 0 Å². The van der Waals surface area contributed by atoms with Gasteiger partial charge in [0.2, 0.25) is 0 Å². The van der Waals surface area contributed by atoms with Crippen molar-refractivity contribution in [2.24, 2.45) is 0 Å². The van der Waals surface area contributed by atoms with E-state index in [-0.39, 0.29) is 0 Å². The van der Waals surface area contributed by atoms with Crippen LogP contribution in [0, 0.1) is 11.3 Å². The first kappa shape index (κ1) is 8.76. The van der Waals surface area contributed by atoms with Crippen LogP contribution in [0.3, 0.4) is 0 Å². The topological polar surface area (TPSA) is 27.0 Å². The largest absolute Gasteiger partial charge is 0.305 e. The van der Waals surface area contributed by atoms with E-state index in [4.69, 9.17) is 5.26 Å². The fourth-order valence-corrected chi connectivity index (χ4v) is 1.11. The van der Waals surface area contributed by atoms with Crippen LogP contribution in [0.1, 0.15) is 11.1 Å². The second kappa shape index (κ2) is 3.89. The SMILES string of the molecule is CN(C)Cc1ccccc1C#N. The summed E-state index contributed by atoms with van der Waals surface area (Å²) in [6, 6.07) is 9.85. The Bertz CT molecular complexity index is 297. The summed E-state index contributed by atoms with van der Waals surface area (Å²) < 4.78 is 0. The zero-order chi connectivity index (χ0) is 8.97. The monoisotopic (exact) mass is 160 g/mol. The molecule has 0 aliphatic heterocycles. The van der Waals surface area contributed by atoms with Gasteiger partial charge in [-0.05, 0) is 25.7 Å². The molecule has 0 spiro atoms. The van der Waals surface area contributed by atoms with E-state index >= 15 is 0 Å². The molecule has 0 N–H and O–H groups in total. The lowest BCUT2D eigenvalue weighted by Crippen LogP contribution is -2.11. The number of hydrogen-bond acceptors (Lipinski definition) is 2. The van der Waals surface area contributed by atoms with Crippen molar-refractivity contribution >= 4 is 0 Å². The van der Waals surface area contributed by atoms with Crippen LogP contribution >= 0.6 is 0 Å². The maximum Gasteiger partial charge on any atom is 0.0995 e. The lowest BCUT2D eigenvalue weighted by molar-refractivity contribution is 0.402. The molecule has 0 fully saturated rings. The summed E-state index contributed by atoms with van der Waals surface area (Å²) in [5.41, 5.74) is 1.86. The summed E-state index contributed by atoms with van der Waals surface area (Å²) in [5, 5.41) is 8.76. The van der Waals surface area contributed by atoms with E-state index < -0.39 is 0 Å². The molecule has 0 radical (unpaired) electrons. The normalized spacial score (nSPS) is 9.83. The molecule has 0 aromatic heterocycles. The first-order chi connectivity index (χ1) is 5.74. The smallest absolute Gasteiger partial charge is 0.0995 e. The summed E-state index contributed by atoms with van der Waals surface area (Å²) in [6.45, 7) is 0.823. The van der Waals surface area contributed by atoms with Crippen molar-refractivity contribution in [1.82, 2.24) is 4.90 Å². The molecule has 2 heteroatoms. The highest BCUT2D eigenvalue weighted by Gasteiger charge is 2.00. The van der Waals surface area contributed by atoms with Gasteiger partial charge < -0.3 is 4.90 Å². The van der Waals surface area contributed by atoms with Crippen molar-refractivity contribution in [3.8, 4) is 6.07 Å². The summed E-state index contributed by atoms with van der Waals surface area (Å²) in [7, 11) is 3.99. The van der Waals surface area contributed by atoms with Gasteiger partial charge in [-0.2, -0.15) is 5.26 Å². The highest BCUT2D eigenvalue weighted by molar-refractivity contribution is 5.37. The molecule has 62 valence electrons. The van der Waals surface area contributed by atoms with Crippen molar-refractivity contribution in [2.75, 3.05) is 14.1 Å². The molecule has 0 heterocycles. The molecule has 12 heavy (non-hydrogen) atoms. The predicted molar refractivity (Wildman–Crippen MR) is 48.5 cm³/mol. The van der Waals surface area contributed by atoms with Crippen LogP contribution in [0.5, 0.6) is 0 Å². The number of nitrogens with zero attached hydrogens (tertiary/aromatic N) is 2. The van der Waals surface area contributed by atoms with Crippen LogP contribution in [0.25, 0.3) is 0 Å². The molecule has 1 aromatic rings. The van der Waals surface area contributed by atoms with Crippen molar-refractivity contribution in [3.05, 3.63) is 35.4 Å². The minimum absolute atomic E-state index is 0.770. The Morgan fingerprint density at radius 1 is 1.33 bits per heavy atom. The third kappa shape index (κ3) is 2.08. The Kier molecular flexibility index (Phi) is 2.84. The molecule has 1 rings (SSSR count). The van der Waals surface area contributed by atoms with Gasteiger partial charge in [0.15, 0.2) is 0 Å². The first-order valence-corrected chi connectivity index (χ1v) is 3.87. The summed E-state index contributed by atoms with van der Waals surface area (Å²) >= 11 is 0. The van der Waals surface area contributed by atoms with E-state index in [1.54, 1.807) is 0 Å². The van der Waals surface area contributed by atoms with Crippen molar-refractivity contribution in [2.45, 2.75) is 6.54 Å². The molecule has 0 amide bonds. The van der Waals surface area contributed by atoms with E-state index in [2.05, 4.69) is 11.0 Å². The Morgan fingerprint density at radius 2 is 2.00 bits per heavy atom. The average molecular weight is 160 g/mol. The van der Waals surface area contributed by atoms with Gasteiger partial charge in [-0.3, -0.25) is 0 Å². The zero-order valence-electron chi connectivity index (χ0n) is 7.41. The molecule has 0 aliphatic carbocycles. The quantitative estimate of drug-likeness (QED) is 0.657. The van der Waals surface area contributed by atoms with Gasteiger partial charge in [-0.15, -0.1) is 0 Å². The van der Waals surface area contributed by atoms with E-state index in [9.17, 15) is 0 Å². The zero-order valence-corrected chi connectivity index (χ0v) is 7.41. The fraction of sp³-hybridized carbons (Fsp3) is 0.300. The van der Waals surface area contributed by atoms with E-state index in [0.717, 1.165) is 17.7 Å². The number of benzene rings is 1. The Morgan fingerprint density at radius 3 is 2.58 bits per heavy atom. The lowest BCUT2D eigenvalue weighted by Gasteiger charge is -2.10. The maximum absolute atomic E-state index is 8.76. The van der Waals surface area contributed by atoms with Gasteiger partial charge in [0, 0.05) is 6.54 Å². The van der Waals surface area contributed by atoms with Crippen LogP contribution in [-0.2, 0) is 6.54 Å². The molecular formula is C10H12N2. The standard InChI is InChI=1S/C10H12N2/c1-12(2)8-10-6-4-3-5-9(10)7-11/h3-6H,8H2,1-2H3. The molecular weight excluding hydrogens is 148 g/mol. The second-order valence-electron chi connectivity index (χ2n) is 3.01. The maximum atomic E-state index is 8.76. The van der Waals surface area contributed by atoms with Crippen LogP contribution in [0.4, 0.5) is 0 Å². The molecule has 0 bridgehead atoms. The molecule has 0 atom stereocenters. The molecule has 2 nitrogen and oxygen atoms in total. The fourth-order valence-electron chi connectivity index (χ4n) is 1.11. The van der Waals surface area contributed by atoms with Crippen LogP contribution < -0.4 is 0 Å². The summed E-state index contributed by atoms with van der Waals surface area (Å²) in [5.74, 6) is 0. The van der Waals surface area contributed by atoms with Crippen molar-refractivity contribution < 1.29 is 0 Å². The van der Waals surface area contributed by atoms with Gasteiger partial charge >= 0.3 is 0 Å².